The number of sulfonamides is 1. The van der Waals surface area contributed by atoms with Gasteiger partial charge in [-0.15, -0.1) is 10.2 Å². The molecule has 3 N–H and O–H groups in total. The van der Waals surface area contributed by atoms with Crippen LogP contribution >= 0.6 is 0 Å². The zero-order valence-corrected chi connectivity index (χ0v) is 20.3. The average Bonchev–Trinajstić information content (AvgIpc) is 3.35. The molecular formula is C25H20N6O5S. The van der Waals surface area contributed by atoms with Crippen molar-refractivity contribution < 1.29 is 23.1 Å². The fourth-order valence-corrected chi connectivity index (χ4v) is 4.71. The number of nitrogens with zero attached hydrogens (tertiary/aromatic N) is 5. The van der Waals surface area contributed by atoms with E-state index in [1.165, 1.54) is 16.9 Å². The summed E-state index contributed by atoms with van der Waals surface area (Å²) in [5, 5.41) is 28.1. The maximum absolute atomic E-state index is 12.5. The van der Waals surface area contributed by atoms with Crippen LogP contribution < -0.4 is 9.88 Å². The number of aromatic nitrogens is 5. The SMILES string of the molecule is COc1ccc(Cn2nnc(-c3c(-c4ccc5nc(C(=O)O)ccc5c4)cccc3S(N)(=O)=O)n2)cc1. The molecule has 0 saturated heterocycles. The lowest BCUT2D eigenvalue weighted by Crippen LogP contribution is -2.14. The monoisotopic (exact) mass is 516 g/mol. The van der Waals surface area contributed by atoms with Gasteiger partial charge in [0.1, 0.15) is 11.4 Å². The maximum atomic E-state index is 12.5. The highest BCUT2D eigenvalue weighted by Gasteiger charge is 2.23. The van der Waals surface area contributed by atoms with Gasteiger partial charge < -0.3 is 9.84 Å². The van der Waals surface area contributed by atoms with Crippen molar-refractivity contribution in [1.29, 1.82) is 0 Å². The lowest BCUT2D eigenvalue weighted by molar-refractivity contribution is 0.0691. The van der Waals surface area contributed by atoms with Gasteiger partial charge >= 0.3 is 5.97 Å². The second-order valence-electron chi connectivity index (χ2n) is 8.12. The predicted octanol–water partition coefficient (Wildman–Crippen LogP) is 2.96. The Morgan fingerprint density at radius 1 is 1.05 bits per heavy atom. The van der Waals surface area contributed by atoms with Crippen molar-refractivity contribution in [1.82, 2.24) is 25.2 Å². The Bertz CT molecular complexity index is 1750. The molecule has 0 radical (unpaired) electrons. The summed E-state index contributed by atoms with van der Waals surface area (Å²) < 4.78 is 30.2. The summed E-state index contributed by atoms with van der Waals surface area (Å²) >= 11 is 0. The van der Waals surface area contributed by atoms with E-state index < -0.39 is 16.0 Å². The number of hydrogen-bond acceptors (Lipinski definition) is 8. The number of hydrogen-bond donors (Lipinski definition) is 2. The molecule has 0 aliphatic rings. The van der Waals surface area contributed by atoms with E-state index in [9.17, 15) is 18.3 Å². The van der Waals surface area contributed by atoms with Crippen LogP contribution in [-0.2, 0) is 16.6 Å². The number of carboxylic acid groups (broad SMARTS) is 1. The van der Waals surface area contributed by atoms with Gasteiger partial charge in [-0.05, 0) is 58.3 Å². The minimum atomic E-state index is -4.14. The second-order valence-corrected chi connectivity index (χ2v) is 9.65. The lowest BCUT2D eigenvalue weighted by Gasteiger charge is -2.12. The molecule has 3 aromatic carbocycles. The molecule has 2 heterocycles. The van der Waals surface area contributed by atoms with E-state index >= 15 is 0 Å². The van der Waals surface area contributed by atoms with Crippen LogP contribution in [0.5, 0.6) is 5.75 Å². The van der Waals surface area contributed by atoms with Crippen molar-refractivity contribution in [3.63, 3.8) is 0 Å². The zero-order chi connectivity index (χ0) is 26.2. The molecule has 5 rings (SSSR count). The Kier molecular flexibility index (Phi) is 6.11. The number of ether oxygens (including phenoxy) is 1. The van der Waals surface area contributed by atoms with Crippen LogP contribution in [0.15, 0.2) is 77.7 Å². The number of primary sulfonamides is 1. The first kappa shape index (κ1) is 24.0. The zero-order valence-electron chi connectivity index (χ0n) is 19.4. The van der Waals surface area contributed by atoms with E-state index in [1.54, 1.807) is 43.5 Å². The second kappa shape index (κ2) is 9.41. The molecule has 186 valence electrons. The molecule has 0 bridgehead atoms. The first-order chi connectivity index (χ1) is 17.7. The molecule has 0 fully saturated rings. The van der Waals surface area contributed by atoms with E-state index in [1.807, 2.05) is 24.3 Å². The first-order valence-electron chi connectivity index (χ1n) is 10.9. The standard InChI is InChI=1S/C25H20N6O5S/c1-36-18-9-5-15(6-10-18)14-31-29-24(28-30-31)23-19(3-2-4-22(23)37(26,34)35)16-7-11-20-17(13-16)8-12-21(27-20)25(32)33/h2-13H,14H2,1H3,(H,32,33)(H2,26,34,35). The van der Waals surface area contributed by atoms with Crippen LogP contribution in [0.2, 0.25) is 0 Å². The summed E-state index contributed by atoms with van der Waals surface area (Å²) in [7, 11) is -2.55. The third-order valence-electron chi connectivity index (χ3n) is 5.71. The topological polar surface area (TPSA) is 163 Å². The molecule has 0 aliphatic carbocycles. The van der Waals surface area contributed by atoms with Gasteiger partial charge in [0, 0.05) is 5.39 Å². The van der Waals surface area contributed by atoms with Gasteiger partial charge in [0.15, 0.2) is 0 Å². The van der Waals surface area contributed by atoms with Crippen molar-refractivity contribution in [2.45, 2.75) is 11.4 Å². The van der Waals surface area contributed by atoms with E-state index in [-0.39, 0.29) is 22.0 Å². The quantitative estimate of drug-likeness (QED) is 0.331. The van der Waals surface area contributed by atoms with Crippen LogP contribution in [0.25, 0.3) is 33.4 Å². The first-order valence-corrected chi connectivity index (χ1v) is 12.5. The molecule has 0 spiro atoms. The molecule has 0 unspecified atom stereocenters. The van der Waals surface area contributed by atoms with E-state index in [4.69, 9.17) is 9.88 Å². The van der Waals surface area contributed by atoms with Crippen LogP contribution in [0.4, 0.5) is 0 Å². The summed E-state index contributed by atoms with van der Waals surface area (Å²) in [6, 6.07) is 20.3. The van der Waals surface area contributed by atoms with Crippen LogP contribution in [0, 0.1) is 0 Å². The minimum absolute atomic E-state index is 0.0742. The van der Waals surface area contributed by atoms with Crippen molar-refractivity contribution in [2.24, 2.45) is 5.14 Å². The summed E-state index contributed by atoms with van der Waals surface area (Å²) in [6.45, 7) is 0.303. The Morgan fingerprint density at radius 3 is 2.54 bits per heavy atom. The number of aromatic carboxylic acids is 1. The Labute approximate surface area is 211 Å². The van der Waals surface area contributed by atoms with Gasteiger partial charge in [0.2, 0.25) is 15.8 Å². The molecule has 12 heteroatoms. The number of tetrazole rings is 1. The van der Waals surface area contributed by atoms with E-state index in [0.717, 1.165) is 5.56 Å². The fourth-order valence-electron chi connectivity index (χ4n) is 3.96. The number of carbonyl (C=O) groups is 1. The fraction of sp³-hybridized carbons (Fsp3) is 0.0800. The maximum Gasteiger partial charge on any atom is 0.354 e. The molecule has 5 aromatic rings. The van der Waals surface area contributed by atoms with Crippen LogP contribution in [0.1, 0.15) is 16.1 Å². The normalized spacial score (nSPS) is 11.5. The van der Waals surface area contributed by atoms with Crippen LogP contribution in [-0.4, -0.2) is 51.8 Å². The van der Waals surface area contributed by atoms with Crippen molar-refractivity contribution in [2.75, 3.05) is 7.11 Å². The molecule has 37 heavy (non-hydrogen) atoms. The number of methoxy groups -OCH3 is 1. The molecule has 0 aliphatic heterocycles. The van der Waals surface area contributed by atoms with Crippen LogP contribution in [0.3, 0.4) is 0 Å². The number of fused-ring (bicyclic) bond motifs is 1. The predicted molar refractivity (Wildman–Crippen MR) is 134 cm³/mol. The number of benzene rings is 3. The molecule has 2 aromatic heterocycles. The van der Waals surface area contributed by atoms with Crippen molar-refractivity contribution in [3.05, 3.63) is 84.1 Å². The van der Waals surface area contributed by atoms with Gasteiger partial charge in [0.25, 0.3) is 0 Å². The van der Waals surface area contributed by atoms with Crippen molar-refractivity contribution in [3.8, 4) is 28.3 Å². The lowest BCUT2D eigenvalue weighted by atomic mass is 9.97. The van der Waals surface area contributed by atoms with Gasteiger partial charge in [-0.1, -0.05) is 36.4 Å². The van der Waals surface area contributed by atoms with Gasteiger partial charge in [0.05, 0.1) is 29.6 Å². The van der Waals surface area contributed by atoms with E-state index in [2.05, 4.69) is 20.4 Å². The highest BCUT2D eigenvalue weighted by Crippen LogP contribution is 2.36. The third-order valence-corrected chi connectivity index (χ3v) is 6.66. The van der Waals surface area contributed by atoms with Gasteiger partial charge in [-0.25, -0.2) is 23.3 Å². The third kappa shape index (κ3) is 4.87. The molecule has 0 saturated carbocycles. The van der Waals surface area contributed by atoms with E-state index in [0.29, 0.717) is 34.3 Å². The molecule has 11 nitrogen and oxygen atoms in total. The molecule has 0 amide bonds. The molecular weight excluding hydrogens is 496 g/mol. The smallest absolute Gasteiger partial charge is 0.354 e. The number of nitrogens with two attached hydrogens (primary N) is 1. The average molecular weight is 517 g/mol. The van der Waals surface area contributed by atoms with Gasteiger partial charge in [-0.2, -0.15) is 4.80 Å². The largest absolute Gasteiger partial charge is 0.497 e. The summed E-state index contributed by atoms with van der Waals surface area (Å²) in [4.78, 5) is 16.6. The summed E-state index contributed by atoms with van der Waals surface area (Å²) in [5.74, 6) is -0.321. The summed E-state index contributed by atoms with van der Waals surface area (Å²) in [6.07, 6.45) is 0. The summed E-state index contributed by atoms with van der Waals surface area (Å²) in [5.41, 5.74) is 2.67. The Hall–Kier alpha value is -4.68. The molecule has 0 atom stereocenters. The highest BCUT2D eigenvalue weighted by molar-refractivity contribution is 7.89. The number of carboxylic acids is 1. The Morgan fingerprint density at radius 2 is 1.84 bits per heavy atom. The minimum Gasteiger partial charge on any atom is -0.497 e. The Balaban J connectivity index is 1.60. The highest BCUT2D eigenvalue weighted by atomic mass is 32.2. The van der Waals surface area contributed by atoms with Gasteiger partial charge in [-0.3, -0.25) is 0 Å². The van der Waals surface area contributed by atoms with Crippen molar-refractivity contribution >= 4 is 26.9 Å². The number of rotatable bonds is 7. The number of pyridine rings is 1.